The zero-order valence-electron chi connectivity index (χ0n) is 16.2. The second kappa shape index (κ2) is 9.34. The topological polar surface area (TPSA) is 74.8 Å². The van der Waals surface area contributed by atoms with Crippen molar-refractivity contribution in [1.82, 2.24) is 14.8 Å². The Kier molecular flexibility index (Phi) is 6.62. The molecule has 2 aromatic carbocycles. The molecule has 1 amide bonds. The van der Waals surface area contributed by atoms with E-state index in [2.05, 4.69) is 10.2 Å². The summed E-state index contributed by atoms with van der Waals surface area (Å²) in [7, 11) is 0. The molecular weight excluding hydrogens is 389 g/mol. The molecule has 0 aliphatic rings. The van der Waals surface area contributed by atoms with Gasteiger partial charge < -0.3 is 4.90 Å². The average Bonchev–Trinajstić information content (AvgIpc) is 3.09. The van der Waals surface area contributed by atoms with Crippen LogP contribution >= 0.6 is 11.8 Å². The summed E-state index contributed by atoms with van der Waals surface area (Å²) in [4.78, 5) is 14.3. The van der Waals surface area contributed by atoms with Crippen LogP contribution in [0.2, 0.25) is 0 Å². The highest BCUT2D eigenvalue weighted by molar-refractivity contribution is 7.99. The van der Waals surface area contributed by atoms with Gasteiger partial charge in [-0.25, -0.2) is 4.39 Å². The maximum absolute atomic E-state index is 13.2. The van der Waals surface area contributed by atoms with Crippen molar-refractivity contribution >= 4 is 23.4 Å². The first-order valence-corrected chi connectivity index (χ1v) is 10.0. The van der Waals surface area contributed by atoms with E-state index < -0.39 is 0 Å². The number of thioether (sulfide) groups is 1. The third kappa shape index (κ3) is 5.00. The van der Waals surface area contributed by atoms with E-state index >= 15 is 0 Å². The lowest BCUT2D eigenvalue weighted by Crippen LogP contribution is -2.33. The third-order valence-corrected chi connectivity index (χ3v) is 5.21. The van der Waals surface area contributed by atoms with E-state index in [9.17, 15) is 9.18 Å². The molecule has 0 saturated heterocycles. The van der Waals surface area contributed by atoms with Crippen molar-refractivity contribution in [2.24, 2.45) is 0 Å². The highest BCUT2D eigenvalue weighted by Gasteiger charge is 2.19. The number of aromatic nitrogens is 3. The Morgan fingerprint density at radius 3 is 2.48 bits per heavy atom. The number of benzene rings is 2. The molecule has 0 N–H and O–H groups in total. The minimum atomic E-state index is -0.377. The molecule has 0 fully saturated rings. The minimum Gasteiger partial charge on any atom is -0.311 e. The molecule has 0 spiro atoms. The van der Waals surface area contributed by atoms with E-state index in [1.54, 1.807) is 0 Å². The van der Waals surface area contributed by atoms with Gasteiger partial charge in [0.25, 0.3) is 0 Å². The van der Waals surface area contributed by atoms with E-state index in [4.69, 9.17) is 5.26 Å². The number of rotatable bonds is 7. The summed E-state index contributed by atoms with van der Waals surface area (Å²) in [5, 5.41) is 17.8. The monoisotopic (exact) mass is 409 g/mol. The van der Waals surface area contributed by atoms with Crippen LogP contribution in [0.4, 0.5) is 10.1 Å². The molecule has 0 radical (unpaired) electrons. The summed E-state index contributed by atoms with van der Waals surface area (Å²) in [6, 6.07) is 15.7. The van der Waals surface area contributed by atoms with Crippen LogP contribution in [0.1, 0.15) is 17.8 Å². The number of carbonyl (C=O) groups excluding carboxylic acids is 1. The van der Waals surface area contributed by atoms with Crippen molar-refractivity contribution < 1.29 is 9.18 Å². The van der Waals surface area contributed by atoms with Crippen LogP contribution < -0.4 is 4.90 Å². The molecule has 0 bridgehead atoms. The van der Waals surface area contributed by atoms with Crippen LogP contribution in [0.15, 0.2) is 53.7 Å². The van der Waals surface area contributed by atoms with Gasteiger partial charge >= 0.3 is 0 Å². The van der Waals surface area contributed by atoms with Gasteiger partial charge in [0, 0.05) is 17.9 Å². The van der Waals surface area contributed by atoms with E-state index in [0.29, 0.717) is 10.8 Å². The van der Waals surface area contributed by atoms with Gasteiger partial charge in [-0.3, -0.25) is 9.36 Å². The number of anilines is 1. The highest BCUT2D eigenvalue weighted by Crippen LogP contribution is 2.24. The van der Waals surface area contributed by atoms with Gasteiger partial charge in [-0.2, -0.15) is 5.26 Å². The lowest BCUT2D eigenvalue weighted by molar-refractivity contribution is -0.116. The van der Waals surface area contributed by atoms with Crippen LogP contribution in [0.3, 0.4) is 0 Å². The average molecular weight is 409 g/mol. The molecule has 1 aromatic heterocycles. The molecule has 8 heteroatoms. The molecule has 0 unspecified atom stereocenters. The quantitative estimate of drug-likeness (QED) is 0.550. The van der Waals surface area contributed by atoms with E-state index in [1.807, 2.05) is 48.7 Å². The fraction of sp³-hybridized carbons (Fsp3) is 0.238. The first-order chi connectivity index (χ1) is 14.0. The van der Waals surface area contributed by atoms with Crippen LogP contribution in [0, 0.1) is 31.0 Å². The lowest BCUT2D eigenvalue weighted by atomic mass is 10.2. The van der Waals surface area contributed by atoms with Gasteiger partial charge in [-0.1, -0.05) is 29.5 Å². The number of aryl methyl sites for hydroxylation is 2. The second-order valence-electron chi connectivity index (χ2n) is 6.42. The number of carbonyl (C=O) groups is 1. The Morgan fingerprint density at radius 1 is 1.14 bits per heavy atom. The number of halogens is 1. The van der Waals surface area contributed by atoms with Crippen molar-refractivity contribution in [2.45, 2.75) is 25.4 Å². The first kappa shape index (κ1) is 20.6. The summed E-state index contributed by atoms with van der Waals surface area (Å²) >= 11 is 1.28. The van der Waals surface area contributed by atoms with Gasteiger partial charge in [0.15, 0.2) is 5.16 Å². The number of nitrogens with zero attached hydrogens (tertiary/aromatic N) is 5. The summed E-state index contributed by atoms with van der Waals surface area (Å²) in [6.07, 6.45) is 0.187. The van der Waals surface area contributed by atoms with E-state index in [1.165, 1.54) is 40.9 Å². The van der Waals surface area contributed by atoms with Gasteiger partial charge in [-0.05, 0) is 50.2 Å². The molecule has 29 heavy (non-hydrogen) atoms. The summed E-state index contributed by atoms with van der Waals surface area (Å²) in [5.41, 5.74) is 2.63. The molecule has 0 saturated carbocycles. The number of nitriles is 1. The van der Waals surface area contributed by atoms with E-state index in [0.717, 1.165) is 17.1 Å². The van der Waals surface area contributed by atoms with Gasteiger partial charge in [0.05, 0.1) is 18.2 Å². The zero-order chi connectivity index (χ0) is 20.8. The SMILES string of the molecule is Cc1ccc(-n2c(C)nnc2SCC(=O)N(CCC#N)c2ccc(F)cc2)cc1. The molecule has 6 nitrogen and oxygen atoms in total. The standard InChI is InChI=1S/C21H20FN5OS/c1-15-4-8-19(9-5-15)27-16(2)24-25-21(27)29-14-20(28)26(13-3-12-23)18-10-6-17(22)7-11-18/h4-11H,3,13-14H2,1-2H3. The summed E-state index contributed by atoms with van der Waals surface area (Å²) in [6.45, 7) is 4.12. The van der Waals surface area contributed by atoms with Crippen LogP contribution in [0.25, 0.3) is 5.69 Å². The molecule has 0 atom stereocenters. The number of hydrogen-bond donors (Lipinski definition) is 0. The summed E-state index contributed by atoms with van der Waals surface area (Å²) in [5.74, 6) is 0.279. The number of hydrogen-bond acceptors (Lipinski definition) is 5. The van der Waals surface area contributed by atoms with E-state index in [-0.39, 0.29) is 30.4 Å². The first-order valence-electron chi connectivity index (χ1n) is 9.04. The molecule has 0 aliphatic carbocycles. The van der Waals surface area contributed by atoms with Crippen LogP contribution in [-0.2, 0) is 4.79 Å². The molecule has 3 aromatic rings. The minimum absolute atomic E-state index is 0.118. The Balaban J connectivity index is 1.77. The Bertz CT molecular complexity index is 1020. The Hall–Kier alpha value is -3.18. The van der Waals surface area contributed by atoms with Gasteiger partial charge in [-0.15, -0.1) is 10.2 Å². The second-order valence-corrected chi connectivity index (χ2v) is 7.36. The maximum atomic E-state index is 13.2. The maximum Gasteiger partial charge on any atom is 0.237 e. The third-order valence-electron chi connectivity index (χ3n) is 4.30. The Morgan fingerprint density at radius 2 is 1.83 bits per heavy atom. The fourth-order valence-corrected chi connectivity index (χ4v) is 3.69. The summed E-state index contributed by atoms with van der Waals surface area (Å²) < 4.78 is 15.1. The largest absolute Gasteiger partial charge is 0.311 e. The molecule has 0 aliphatic heterocycles. The Labute approximate surface area is 173 Å². The fourth-order valence-electron chi connectivity index (χ4n) is 2.81. The highest BCUT2D eigenvalue weighted by atomic mass is 32.2. The zero-order valence-corrected chi connectivity index (χ0v) is 17.0. The van der Waals surface area contributed by atoms with Crippen LogP contribution in [-0.4, -0.2) is 33.0 Å². The van der Waals surface area contributed by atoms with Crippen LogP contribution in [0.5, 0.6) is 0 Å². The molecule has 148 valence electrons. The van der Waals surface area contributed by atoms with Crippen molar-refractivity contribution in [2.75, 3.05) is 17.2 Å². The van der Waals surface area contributed by atoms with Gasteiger partial charge in [0.2, 0.25) is 5.91 Å². The van der Waals surface area contributed by atoms with Crippen molar-refractivity contribution in [3.63, 3.8) is 0 Å². The normalized spacial score (nSPS) is 10.6. The van der Waals surface area contributed by atoms with Crippen molar-refractivity contribution in [3.8, 4) is 11.8 Å². The predicted molar refractivity (Wildman–Crippen MR) is 111 cm³/mol. The molecular formula is C21H20FN5OS. The molecule has 3 rings (SSSR count). The molecule has 1 heterocycles. The smallest absolute Gasteiger partial charge is 0.237 e. The lowest BCUT2D eigenvalue weighted by Gasteiger charge is -2.21. The van der Waals surface area contributed by atoms with Crippen molar-refractivity contribution in [1.29, 1.82) is 5.26 Å². The van der Waals surface area contributed by atoms with Crippen molar-refractivity contribution in [3.05, 3.63) is 65.7 Å². The van der Waals surface area contributed by atoms with Gasteiger partial charge in [0.1, 0.15) is 11.6 Å². The number of amides is 1. The predicted octanol–water partition coefficient (Wildman–Crippen LogP) is 4.06.